The highest BCUT2D eigenvalue weighted by molar-refractivity contribution is 5.89. The van der Waals surface area contributed by atoms with Gasteiger partial charge in [-0.1, -0.05) is 24.3 Å². The first kappa shape index (κ1) is 19.7. The Balaban J connectivity index is 1.53. The second kappa shape index (κ2) is 8.78. The number of benzene rings is 2. The Hall–Kier alpha value is -3.02. The van der Waals surface area contributed by atoms with Crippen molar-refractivity contribution in [2.75, 3.05) is 50.5 Å². The van der Waals surface area contributed by atoms with Gasteiger partial charge in [-0.2, -0.15) is 0 Å². The first-order valence-corrected chi connectivity index (χ1v) is 9.59. The predicted octanol–water partition coefficient (Wildman–Crippen LogP) is 2.98. The van der Waals surface area contributed by atoms with Crippen LogP contribution in [0.1, 0.15) is 11.1 Å². The zero-order valence-electron chi connectivity index (χ0n) is 16.8. The van der Waals surface area contributed by atoms with Crippen molar-refractivity contribution in [2.24, 2.45) is 0 Å². The summed E-state index contributed by atoms with van der Waals surface area (Å²) in [5, 5.41) is 2.84. The summed E-state index contributed by atoms with van der Waals surface area (Å²) in [7, 11) is 3.42. The number of carbonyl (C=O) groups is 2. The van der Waals surface area contributed by atoms with Gasteiger partial charge < -0.3 is 20.0 Å². The van der Waals surface area contributed by atoms with Crippen LogP contribution in [0.3, 0.4) is 0 Å². The summed E-state index contributed by atoms with van der Waals surface area (Å²) in [6.07, 6.45) is 0.465. The van der Waals surface area contributed by atoms with Gasteiger partial charge in [0.25, 0.3) is 0 Å². The number of piperazine rings is 1. The summed E-state index contributed by atoms with van der Waals surface area (Å²) < 4.78 is 0. The average Bonchev–Trinajstić information content (AvgIpc) is 2.70. The van der Waals surface area contributed by atoms with Gasteiger partial charge in [0, 0.05) is 51.6 Å². The molecule has 0 spiro atoms. The van der Waals surface area contributed by atoms with Crippen molar-refractivity contribution in [3.05, 3.63) is 59.7 Å². The zero-order chi connectivity index (χ0) is 20.1. The Bertz CT molecular complexity index is 825. The third-order valence-electron chi connectivity index (χ3n) is 5.13. The third-order valence-corrected chi connectivity index (χ3v) is 5.13. The van der Waals surface area contributed by atoms with Crippen molar-refractivity contribution in [3.8, 4) is 0 Å². The SMILES string of the molecule is Cc1ccccc1CC(=O)N1CCN(c2ccc(NC(=O)N(C)C)cc2)CC1. The quantitative estimate of drug-likeness (QED) is 0.887. The molecule has 6 heteroatoms. The van der Waals surface area contributed by atoms with E-state index < -0.39 is 0 Å². The van der Waals surface area contributed by atoms with Crippen LogP contribution < -0.4 is 10.2 Å². The minimum atomic E-state index is -0.145. The van der Waals surface area contributed by atoms with E-state index in [0.29, 0.717) is 6.42 Å². The lowest BCUT2D eigenvalue weighted by atomic mass is 10.1. The molecule has 2 aromatic rings. The highest BCUT2D eigenvalue weighted by atomic mass is 16.2. The Morgan fingerprint density at radius 1 is 0.964 bits per heavy atom. The summed E-state index contributed by atoms with van der Waals surface area (Å²) in [6, 6.07) is 15.8. The van der Waals surface area contributed by atoms with E-state index in [-0.39, 0.29) is 11.9 Å². The molecule has 0 saturated carbocycles. The molecule has 0 bridgehead atoms. The monoisotopic (exact) mass is 380 g/mol. The van der Waals surface area contributed by atoms with Gasteiger partial charge in [0.2, 0.25) is 5.91 Å². The van der Waals surface area contributed by atoms with Gasteiger partial charge in [-0.25, -0.2) is 4.79 Å². The molecule has 1 N–H and O–H groups in total. The van der Waals surface area contributed by atoms with Gasteiger partial charge >= 0.3 is 6.03 Å². The molecular weight excluding hydrogens is 352 g/mol. The lowest BCUT2D eigenvalue weighted by Crippen LogP contribution is -2.49. The molecule has 0 unspecified atom stereocenters. The fraction of sp³-hybridized carbons (Fsp3) is 0.364. The molecule has 148 valence electrons. The summed E-state index contributed by atoms with van der Waals surface area (Å²) in [5.74, 6) is 0.190. The van der Waals surface area contributed by atoms with Crippen LogP contribution in [0.15, 0.2) is 48.5 Å². The number of aryl methyl sites for hydroxylation is 1. The summed E-state index contributed by atoms with van der Waals surface area (Å²) in [4.78, 5) is 30.1. The molecular formula is C22H28N4O2. The van der Waals surface area contributed by atoms with Crippen molar-refractivity contribution >= 4 is 23.3 Å². The number of hydrogen-bond donors (Lipinski definition) is 1. The molecule has 28 heavy (non-hydrogen) atoms. The molecule has 3 rings (SSSR count). The highest BCUT2D eigenvalue weighted by Crippen LogP contribution is 2.20. The second-order valence-electron chi connectivity index (χ2n) is 7.34. The molecule has 0 atom stereocenters. The summed E-state index contributed by atoms with van der Waals surface area (Å²) in [6.45, 7) is 5.12. The van der Waals surface area contributed by atoms with Crippen molar-refractivity contribution < 1.29 is 9.59 Å². The van der Waals surface area contributed by atoms with Gasteiger partial charge in [-0.3, -0.25) is 4.79 Å². The second-order valence-corrected chi connectivity index (χ2v) is 7.34. The largest absolute Gasteiger partial charge is 0.368 e. The molecule has 3 amide bonds. The molecule has 1 aliphatic rings. The van der Waals surface area contributed by atoms with Gasteiger partial charge in [0.1, 0.15) is 0 Å². The number of carbonyl (C=O) groups excluding carboxylic acids is 2. The van der Waals surface area contributed by atoms with Crippen LogP contribution in [-0.2, 0) is 11.2 Å². The van der Waals surface area contributed by atoms with Gasteiger partial charge in [0.05, 0.1) is 6.42 Å². The van der Waals surface area contributed by atoms with Crippen LogP contribution in [0.25, 0.3) is 0 Å². The van der Waals surface area contributed by atoms with E-state index in [1.54, 1.807) is 14.1 Å². The maximum atomic E-state index is 12.6. The molecule has 0 aromatic heterocycles. The van der Waals surface area contributed by atoms with Gasteiger partial charge in [0.15, 0.2) is 0 Å². The molecule has 2 aromatic carbocycles. The first-order valence-electron chi connectivity index (χ1n) is 9.59. The molecule has 0 radical (unpaired) electrons. The summed E-state index contributed by atoms with van der Waals surface area (Å²) >= 11 is 0. The Labute approximate surface area is 166 Å². The van der Waals surface area contributed by atoms with Gasteiger partial charge in [-0.15, -0.1) is 0 Å². The summed E-state index contributed by atoms with van der Waals surface area (Å²) in [5.41, 5.74) is 4.14. The normalized spacial score (nSPS) is 14.0. The molecule has 6 nitrogen and oxygen atoms in total. The molecule has 1 heterocycles. The van der Waals surface area contributed by atoms with Crippen LogP contribution in [0, 0.1) is 6.92 Å². The van der Waals surface area contributed by atoms with Crippen molar-refractivity contribution in [2.45, 2.75) is 13.3 Å². The maximum Gasteiger partial charge on any atom is 0.321 e. The fourth-order valence-corrected chi connectivity index (χ4v) is 3.29. The Morgan fingerprint density at radius 2 is 1.61 bits per heavy atom. The third kappa shape index (κ3) is 4.82. The van der Waals surface area contributed by atoms with E-state index >= 15 is 0 Å². The van der Waals surface area contributed by atoms with E-state index in [2.05, 4.69) is 10.2 Å². The average molecular weight is 380 g/mol. The molecule has 1 saturated heterocycles. The van der Waals surface area contributed by atoms with Crippen LogP contribution in [0.4, 0.5) is 16.2 Å². The molecule has 1 aliphatic heterocycles. The zero-order valence-corrected chi connectivity index (χ0v) is 16.8. The first-order chi connectivity index (χ1) is 13.4. The van der Waals surface area contributed by atoms with Crippen molar-refractivity contribution in [3.63, 3.8) is 0 Å². The molecule has 1 fully saturated rings. The Morgan fingerprint density at radius 3 is 2.21 bits per heavy atom. The minimum absolute atomic E-state index is 0.145. The predicted molar refractivity (Wildman–Crippen MR) is 113 cm³/mol. The maximum absolute atomic E-state index is 12.6. The van der Waals surface area contributed by atoms with Crippen LogP contribution in [0.5, 0.6) is 0 Å². The molecule has 0 aliphatic carbocycles. The van der Waals surface area contributed by atoms with E-state index in [1.807, 2.05) is 60.4 Å². The standard InChI is InChI=1S/C22H28N4O2/c1-17-6-4-5-7-18(17)16-21(27)26-14-12-25(13-15-26)20-10-8-19(9-11-20)23-22(28)24(2)3/h4-11H,12-16H2,1-3H3,(H,23,28). The number of amides is 3. The van der Waals surface area contributed by atoms with E-state index in [4.69, 9.17) is 0 Å². The van der Waals surface area contributed by atoms with E-state index in [1.165, 1.54) is 4.90 Å². The topological polar surface area (TPSA) is 55.9 Å². The van der Waals surface area contributed by atoms with Crippen LogP contribution >= 0.6 is 0 Å². The van der Waals surface area contributed by atoms with Crippen molar-refractivity contribution in [1.29, 1.82) is 0 Å². The fourth-order valence-electron chi connectivity index (χ4n) is 3.29. The van der Waals surface area contributed by atoms with E-state index in [9.17, 15) is 9.59 Å². The number of urea groups is 1. The Kier molecular flexibility index (Phi) is 6.19. The number of hydrogen-bond acceptors (Lipinski definition) is 3. The van der Waals surface area contributed by atoms with Crippen molar-refractivity contribution in [1.82, 2.24) is 9.80 Å². The van der Waals surface area contributed by atoms with Gasteiger partial charge in [-0.05, 0) is 42.3 Å². The van der Waals surface area contributed by atoms with Crippen LogP contribution in [0.2, 0.25) is 0 Å². The highest BCUT2D eigenvalue weighted by Gasteiger charge is 2.21. The van der Waals surface area contributed by atoms with Crippen LogP contribution in [-0.4, -0.2) is 62.0 Å². The lowest BCUT2D eigenvalue weighted by molar-refractivity contribution is -0.130. The van der Waals surface area contributed by atoms with E-state index in [0.717, 1.165) is 48.7 Å². The minimum Gasteiger partial charge on any atom is -0.368 e. The lowest BCUT2D eigenvalue weighted by Gasteiger charge is -2.36. The number of anilines is 2. The number of nitrogens with zero attached hydrogens (tertiary/aromatic N) is 3. The smallest absolute Gasteiger partial charge is 0.321 e. The number of nitrogens with one attached hydrogen (secondary N) is 1. The number of rotatable bonds is 4.